The second-order valence-corrected chi connectivity index (χ2v) is 6.53. The molecule has 1 saturated heterocycles. The highest BCUT2D eigenvalue weighted by molar-refractivity contribution is 5.81. The zero-order chi connectivity index (χ0) is 13.5. The summed E-state index contributed by atoms with van der Waals surface area (Å²) in [4.78, 5) is 14.4. The Morgan fingerprint density at radius 2 is 2.00 bits per heavy atom. The average Bonchev–Trinajstić information content (AvgIpc) is 3.31. The van der Waals surface area contributed by atoms with E-state index in [9.17, 15) is 4.79 Å². The fourth-order valence-electron chi connectivity index (χ4n) is 3.70. The quantitative estimate of drug-likeness (QED) is 0.765. The summed E-state index contributed by atoms with van der Waals surface area (Å²) in [6.07, 6.45) is 9.15. The van der Waals surface area contributed by atoms with E-state index >= 15 is 0 Å². The highest BCUT2D eigenvalue weighted by atomic mass is 16.2. The minimum atomic E-state index is 0.361. The van der Waals surface area contributed by atoms with Gasteiger partial charge < -0.3 is 4.90 Å². The minimum Gasteiger partial charge on any atom is -0.342 e. The summed E-state index contributed by atoms with van der Waals surface area (Å²) in [5.41, 5.74) is 2.80. The van der Waals surface area contributed by atoms with Crippen molar-refractivity contribution in [3.63, 3.8) is 0 Å². The highest BCUT2D eigenvalue weighted by Gasteiger charge is 2.37. The smallest absolute Gasteiger partial charge is 0.225 e. The summed E-state index contributed by atoms with van der Waals surface area (Å²) in [5, 5.41) is 0. The number of likely N-dealkylation sites (tertiary alicyclic amines) is 1. The summed E-state index contributed by atoms with van der Waals surface area (Å²) in [6.45, 7) is 1.91. The molecule has 1 heterocycles. The molecular formula is C18H21NO. The molecule has 1 aromatic carbocycles. The van der Waals surface area contributed by atoms with Crippen molar-refractivity contribution in [1.29, 1.82) is 0 Å². The molecule has 0 unspecified atom stereocenters. The van der Waals surface area contributed by atoms with E-state index in [1.54, 1.807) is 0 Å². The lowest BCUT2D eigenvalue weighted by Gasteiger charge is -2.37. The van der Waals surface area contributed by atoms with Crippen LogP contribution in [-0.2, 0) is 11.2 Å². The molecule has 1 aromatic rings. The van der Waals surface area contributed by atoms with Crippen molar-refractivity contribution in [2.45, 2.75) is 25.7 Å². The third-order valence-corrected chi connectivity index (χ3v) is 5.09. The van der Waals surface area contributed by atoms with Crippen LogP contribution < -0.4 is 0 Å². The van der Waals surface area contributed by atoms with E-state index in [2.05, 4.69) is 41.3 Å². The van der Waals surface area contributed by atoms with Gasteiger partial charge >= 0.3 is 0 Å². The number of amides is 1. The average molecular weight is 267 g/mol. The highest BCUT2D eigenvalue weighted by Crippen LogP contribution is 2.36. The summed E-state index contributed by atoms with van der Waals surface area (Å²) >= 11 is 0. The molecule has 4 rings (SSSR count). The number of carbonyl (C=O) groups is 1. The first-order chi connectivity index (χ1) is 9.81. The molecule has 2 nitrogen and oxygen atoms in total. The fraction of sp³-hybridized carbons (Fsp3) is 0.500. The fourth-order valence-corrected chi connectivity index (χ4v) is 3.70. The van der Waals surface area contributed by atoms with E-state index in [0.29, 0.717) is 23.7 Å². The normalized spacial score (nSPS) is 28.5. The van der Waals surface area contributed by atoms with Crippen molar-refractivity contribution in [2.75, 3.05) is 13.1 Å². The number of nitrogens with zero attached hydrogens (tertiary/aromatic N) is 1. The minimum absolute atomic E-state index is 0.361. The molecular weight excluding hydrogens is 246 g/mol. The lowest BCUT2D eigenvalue weighted by Crippen LogP contribution is -2.44. The van der Waals surface area contributed by atoms with Gasteiger partial charge in [0.05, 0.1) is 0 Å². The molecule has 1 aliphatic heterocycles. The summed E-state index contributed by atoms with van der Waals surface area (Å²) < 4.78 is 0. The number of rotatable bonds is 1. The van der Waals surface area contributed by atoms with Crippen LogP contribution in [0.5, 0.6) is 0 Å². The van der Waals surface area contributed by atoms with E-state index in [4.69, 9.17) is 0 Å². The molecule has 0 spiro atoms. The predicted octanol–water partition coefficient (Wildman–Crippen LogP) is 3.13. The van der Waals surface area contributed by atoms with E-state index in [-0.39, 0.29) is 0 Å². The number of hydrogen-bond acceptors (Lipinski definition) is 1. The van der Waals surface area contributed by atoms with Crippen LogP contribution in [0.15, 0.2) is 30.3 Å². The van der Waals surface area contributed by atoms with Crippen LogP contribution in [0.25, 0.3) is 6.08 Å². The number of benzene rings is 1. The zero-order valence-corrected chi connectivity index (χ0v) is 11.8. The number of carbonyl (C=O) groups excluding carboxylic acids is 1. The third-order valence-electron chi connectivity index (χ3n) is 5.09. The van der Waals surface area contributed by atoms with Gasteiger partial charge in [-0.1, -0.05) is 36.4 Å². The van der Waals surface area contributed by atoms with Crippen LogP contribution in [0.1, 0.15) is 30.4 Å². The topological polar surface area (TPSA) is 20.3 Å². The van der Waals surface area contributed by atoms with Crippen LogP contribution >= 0.6 is 0 Å². The standard InChI is InChI=1S/C18H21NO/c20-18(15-7-8-15)19-10-9-14-6-5-13-3-1-2-4-16(13)11-17(14)12-19/h1-6,14-15,17H,7-12H2/t14-,17-/m1/s1. The molecule has 0 radical (unpaired) electrons. The van der Waals surface area contributed by atoms with Gasteiger partial charge in [-0.2, -0.15) is 0 Å². The first-order valence-corrected chi connectivity index (χ1v) is 7.86. The Morgan fingerprint density at radius 3 is 2.85 bits per heavy atom. The monoisotopic (exact) mass is 267 g/mol. The van der Waals surface area contributed by atoms with E-state index in [1.165, 1.54) is 11.1 Å². The van der Waals surface area contributed by atoms with E-state index < -0.39 is 0 Å². The Balaban J connectivity index is 1.55. The lowest BCUT2D eigenvalue weighted by atomic mass is 9.82. The van der Waals surface area contributed by atoms with Crippen LogP contribution in [0, 0.1) is 17.8 Å². The van der Waals surface area contributed by atoms with Crippen molar-refractivity contribution in [3.8, 4) is 0 Å². The Bertz CT molecular complexity index is 558. The maximum Gasteiger partial charge on any atom is 0.225 e. The first kappa shape index (κ1) is 12.2. The SMILES string of the molecule is O=C(C1CC1)N1CC[C@H]2C=Cc3ccccc3C[C@@H]2C1. The Labute approximate surface area is 120 Å². The molecule has 2 heteroatoms. The van der Waals surface area contributed by atoms with Gasteiger partial charge in [0.1, 0.15) is 0 Å². The number of allylic oxidation sites excluding steroid dienone is 1. The van der Waals surface area contributed by atoms with Gasteiger partial charge in [-0.3, -0.25) is 4.79 Å². The maximum absolute atomic E-state index is 12.3. The van der Waals surface area contributed by atoms with Gasteiger partial charge in [-0.05, 0) is 48.6 Å². The molecule has 20 heavy (non-hydrogen) atoms. The maximum atomic E-state index is 12.3. The van der Waals surface area contributed by atoms with Gasteiger partial charge in [0, 0.05) is 19.0 Å². The van der Waals surface area contributed by atoms with Crippen molar-refractivity contribution in [3.05, 3.63) is 41.5 Å². The van der Waals surface area contributed by atoms with Crippen LogP contribution in [0.4, 0.5) is 0 Å². The molecule has 104 valence electrons. The molecule has 0 N–H and O–H groups in total. The third kappa shape index (κ3) is 2.17. The van der Waals surface area contributed by atoms with Crippen LogP contribution in [-0.4, -0.2) is 23.9 Å². The second-order valence-electron chi connectivity index (χ2n) is 6.53. The summed E-state index contributed by atoms with van der Waals surface area (Å²) in [5.74, 6) is 2.03. The lowest BCUT2D eigenvalue weighted by molar-refractivity contribution is -0.134. The van der Waals surface area contributed by atoms with E-state index in [1.807, 2.05) is 0 Å². The molecule has 2 aliphatic carbocycles. The first-order valence-electron chi connectivity index (χ1n) is 7.86. The van der Waals surface area contributed by atoms with Crippen molar-refractivity contribution in [2.24, 2.45) is 17.8 Å². The molecule has 1 amide bonds. The predicted molar refractivity (Wildman–Crippen MR) is 80.1 cm³/mol. The molecule has 1 saturated carbocycles. The van der Waals surface area contributed by atoms with Crippen LogP contribution in [0.3, 0.4) is 0 Å². The van der Waals surface area contributed by atoms with Gasteiger partial charge in [0.15, 0.2) is 0 Å². The largest absolute Gasteiger partial charge is 0.342 e. The van der Waals surface area contributed by atoms with Crippen molar-refractivity contribution >= 4 is 12.0 Å². The van der Waals surface area contributed by atoms with Crippen LogP contribution in [0.2, 0.25) is 0 Å². The van der Waals surface area contributed by atoms with Gasteiger partial charge in [-0.25, -0.2) is 0 Å². The number of hydrogen-bond donors (Lipinski definition) is 0. The number of piperidine rings is 1. The molecule has 0 bridgehead atoms. The molecule has 2 fully saturated rings. The zero-order valence-electron chi connectivity index (χ0n) is 11.8. The number of fused-ring (bicyclic) bond motifs is 2. The van der Waals surface area contributed by atoms with Crippen molar-refractivity contribution in [1.82, 2.24) is 4.90 Å². The summed E-state index contributed by atoms with van der Waals surface area (Å²) in [6, 6.07) is 8.68. The molecule has 3 aliphatic rings. The Hall–Kier alpha value is -1.57. The van der Waals surface area contributed by atoms with Gasteiger partial charge in [0.2, 0.25) is 5.91 Å². The van der Waals surface area contributed by atoms with Crippen molar-refractivity contribution < 1.29 is 4.79 Å². The van der Waals surface area contributed by atoms with Gasteiger partial charge in [-0.15, -0.1) is 0 Å². The Kier molecular flexibility index (Phi) is 2.90. The second kappa shape index (κ2) is 4.76. The molecule has 2 atom stereocenters. The summed E-state index contributed by atoms with van der Waals surface area (Å²) in [7, 11) is 0. The Morgan fingerprint density at radius 1 is 1.15 bits per heavy atom. The van der Waals surface area contributed by atoms with E-state index in [0.717, 1.165) is 38.8 Å². The van der Waals surface area contributed by atoms with Gasteiger partial charge in [0.25, 0.3) is 0 Å². The molecule has 0 aromatic heterocycles.